The maximum absolute atomic E-state index is 6.30. The average Bonchev–Trinajstić information content (AvgIpc) is 3.33. The summed E-state index contributed by atoms with van der Waals surface area (Å²) < 4.78 is 5.36. The minimum Gasteiger partial charge on any atom is -0.497 e. The highest BCUT2D eigenvalue weighted by atomic mass is 16.5. The predicted molar refractivity (Wildman–Crippen MR) is 85.6 cm³/mol. The lowest BCUT2D eigenvalue weighted by Gasteiger charge is -2.41. The average molecular weight is 289 g/mol. The number of nitrogens with zero attached hydrogens (tertiary/aromatic N) is 2. The van der Waals surface area contributed by atoms with Crippen molar-refractivity contribution in [2.75, 3.05) is 33.3 Å². The summed E-state index contributed by atoms with van der Waals surface area (Å²) in [6.07, 6.45) is 2.79. The number of benzene rings is 1. The number of ether oxygens (including phenoxy) is 1. The smallest absolute Gasteiger partial charge is 0.119 e. The van der Waals surface area contributed by atoms with Crippen LogP contribution in [0.15, 0.2) is 24.3 Å². The fourth-order valence-corrected chi connectivity index (χ4v) is 3.49. The molecule has 2 aliphatic rings. The van der Waals surface area contributed by atoms with Crippen LogP contribution in [0.5, 0.6) is 5.75 Å². The molecule has 0 aromatic heterocycles. The highest BCUT2D eigenvalue weighted by Crippen LogP contribution is 2.31. The van der Waals surface area contributed by atoms with Gasteiger partial charge < -0.3 is 10.5 Å². The maximum atomic E-state index is 6.30. The lowest BCUT2D eigenvalue weighted by Crippen LogP contribution is -2.51. The minimum atomic E-state index is 0.115. The van der Waals surface area contributed by atoms with Crippen molar-refractivity contribution in [3.05, 3.63) is 29.8 Å². The molecule has 0 spiro atoms. The van der Waals surface area contributed by atoms with Gasteiger partial charge in [0.1, 0.15) is 5.75 Å². The van der Waals surface area contributed by atoms with E-state index in [0.29, 0.717) is 0 Å². The molecule has 1 aliphatic heterocycles. The predicted octanol–water partition coefficient (Wildman–Crippen LogP) is 1.86. The van der Waals surface area contributed by atoms with Crippen molar-refractivity contribution < 1.29 is 4.74 Å². The molecule has 1 saturated heterocycles. The molecule has 1 heterocycles. The van der Waals surface area contributed by atoms with Crippen LogP contribution in [0, 0.1) is 0 Å². The Morgan fingerprint density at radius 3 is 2.48 bits per heavy atom. The quantitative estimate of drug-likeness (QED) is 0.898. The van der Waals surface area contributed by atoms with Crippen molar-refractivity contribution in [1.82, 2.24) is 9.80 Å². The molecule has 0 amide bonds. The van der Waals surface area contributed by atoms with Gasteiger partial charge in [-0.25, -0.2) is 0 Å². The van der Waals surface area contributed by atoms with E-state index in [1.54, 1.807) is 7.11 Å². The second-order valence-corrected chi connectivity index (χ2v) is 6.38. The number of rotatable bonds is 5. The first-order chi connectivity index (χ1) is 10.2. The number of hydrogen-bond acceptors (Lipinski definition) is 4. The molecular weight excluding hydrogens is 262 g/mol. The molecule has 2 fully saturated rings. The zero-order valence-corrected chi connectivity index (χ0v) is 13.2. The molecule has 2 unspecified atom stereocenters. The molecule has 21 heavy (non-hydrogen) atoms. The number of methoxy groups -OCH3 is 1. The van der Waals surface area contributed by atoms with Crippen LogP contribution in [0.2, 0.25) is 0 Å². The van der Waals surface area contributed by atoms with Crippen molar-refractivity contribution in [1.29, 1.82) is 0 Å². The Kier molecular flexibility index (Phi) is 4.48. The second kappa shape index (κ2) is 6.34. The first-order valence-corrected chi connectivity index (χ1v) is 8.06. The molecule has 4 heteroatoms. The number of hydrogen-bond donors (Lipinski definition) is 1. The lowest BCUT2D eigenvalue weighted by molar-refractivity contribution is 0.0825. The lowest BCUT2D eigenvalue weighted by atomic mass is 9.98. The van der Waals surface area contributed by atoms with Crippen molar-refractivity contribution >= 4 is 0 Å². The van der Waals surface area contributed by atoms with Crippen LogP contribution in [-0.2, 0) is 0 Å². The summed E-state index contributed by atoms with van der Waals surface area (Å²) in [5, 5.41) is 0. The number of nitrogens with two attached hydrogens (primary N) is 1. The Labute approximate surface area is 127 Å². The summed E-state index contributed by atoms with van der Waals surface area (Å²) >= 11 is 0. The minimum absolute atomic E-state index is 0.115. The van der Waals surface area contributed by atoms with E-state index < -0.39 is 0 Å². The van der Waals surface area contributed by atoms with Gasteiger partial charge in [0.15, 0.2) is 0 Å². The summed E-state index contributed by atoms with van der Waals surface area (Å²) in [5.74, 6) is 0.912. The first kappa shape index (κ1) is 14.8. The fourth-order valence-electron chi connectivity index (χ4n) is 3.49. The maximum Gasteiger partial charge on any atom is 0.119 e. The van der Waals surface area contributed by atoms with Gasteiger partial charge >= 0.3 is 0 Å². The van der Waals surface area contributed by atoms with Gasteiger partial charge in [0.05, 0.1) is 7.11 Å². The summed E-state index contributed by atoms with van der Waals surface area (Å²) in [6, 6.07) is 9.62. The summed E-state index contributed by atoms with van der Waals surface area (Å²) in [5.41, 5.74) is 7.57. The van der Waals surface area contributed by atoms with E-state index in [-0.39, 0.29) is 12.1 Å². The monoisotopic (exact) mass is 289 g/mol. The molecule has 2 N–H and O–H groups in total. The topological polar surface area (TPSA) is 41.7 Å². The summed E-state index contributed by atoms with van der Waals surface area (Å²) in [4.78, 5) is 5.18. The van der Waals surface area contributed by atoms with Gasteiger partial charge in [-0.1, -0.05) is 12.1 Å². The largest absolute Gasteiger partial charge is 0.497 e. The van der Waals surface area contributed by atoms with E-state index in [2.05, 4.69) is 34.9 Å². The Morgan fingerprint density at radius 1 is 1.19 bits per heavy atom. The molecule has 1 aromatic rings. The standard InChI is InChI=1S/C17H27N3O/c1-13(18)17(14-4-3-5-16(12-14)21-2)20-10-8-19(9-11-20)15-6-7-15/h3-5,12-13,15,17H,6-11,18H2,1-2H3. The third-order valence-electron chi connectivity index (χ3n) is 4.74. The van der Waals surface area contributed by atoms with E-state index in [9.17, 15) is 0 Å². The molecule has 1 aromatic carbocycles. The summed E-state index contributed by atoms with van der Waals surface area (Å²) in [6.45, 7) is 6.69. The van der Waals surface area contributed by atoms with Gasteiger partial charge in [-0.2, -0.15) is 0 Å². The SMILES string of the molecule is COc1cccc(C(C(C)N)N2CCN(C3CC3)CC2)c1. The van der Waals surface area contributed by atoms with Crippen molar-refractivity contribution in [2.24, 2.45) is 5.73 Å². The Balaban J connectivity index is 1.71. The molecule has 4 nitrogen and oxygen atoms in total. The third kappa shape index (κ3) is 3.39. The Hall–Kier alpha value is -1.10. The van der Waals surface area contributed by atoms with Crippen molar-refractivity contribution in [3.63, 3.8) is 0 Å². The van der Waals surface area contributed by atoms with Gasteiger partial charge in [-0.05, 0) is 37.5 Å². The van der Waals surface area contributed by atoms with Crippen LogP contribution in [0.1, 0.15) is 31.4 Å². The van der Waals surface area contributed by atoms with Crippen LogP contribution < -0.4 is 10.5 Å². The van der Waals surface area contributed by atoms with Crippen LogP contribution in [0.3, 0.4) is 0 Å². The van der Waals surface area contributed by atoms with Gasteiger partial charge in [-0.3, -0.25) is 9.80 Å². The Morgan fingerprint density at radius 2 is 1.90 bits per heavy atom. The first-order valence-electron chi connectivity index (χ1n) is 8.06. The normalized spacial score (nSPS) is 23.8. The fraction of sp³-hybridized carbons (Fsp3) is 0.647. The van der Waals surface area contributed by atoms with Crippen LogP contribution in [0.4, 0.5) is 0 Å². The molecular formula is C17H27N3O. The highest BCUT2D eigenvalue weighted by Gasteiger charge is 2.34. The van der Waals surface area contributed by atoms with Crippen LogP contribution in [0.25, 0.3) is 0 Å². The van der Waals surface area contributed by atoms with Gasteiger partial charge in [0.2, 0.25) is 0 Å². The van der Waals surface area contributed by atoms with E-state index in [1.807, 2.05) is 6.07 Å². The second-order valence-electron chi connectivity index (χ2n) is 6.38. The van der Waals surface area contributed by atoms with Gasteiger partial charge in [-0.15, -0.1) is 0 Å². The van der Waals surface area contributed by atoms with Gasteiger partial charge in [0, 0.05) is 44.3 Å². The van der Waals surface area contributed by atoms with Crippen LogP contribution >= 0.6 is 0 Å². The summed E-state index contributed by atoms with van der Waals surface area (Å²) in [7, 11) is 1.72. The molecule has 3 rings (SSSR count). The molecule has 1 aliphatic carbocycles. The van der Waals surface area contributed by atoms with Crippen molar-refractivity contribution in [2.45, 2.75) is 37.9 Å². The zero-order chi connectivity index (χ0) is 14.8. The highest BCUT2D eigenvalue weighted by molar-refractivity contribution is 5.31. The molecule has 0 radical (unpaired) electrons. The molecule has 1 saturated carbocycles. The van der Waals surface area contributed by atoms with E-state index in [0.717, 1.165) is 24.9 Å². The van der Waals surface area contributed by atoms with Crippen molar-refractivity contribution in [3.8, 4) is 5.75 Å². The third-order valence-corrected chi connectivity index (χ3v) is 4.74. The Bertz CT molecular complexity index is 465. The van der Waals surface area contributed by atoms with E-state index in [1.165, 1.54) is 31.5 Å². The number of piperazine rings is 1. The molecule has 116 valence electrons. The van der Waals surface area contributed by atoms with Crippen LogP contribution in [-0.4, -0.2) is 55.2 Å². The zero-order valence-electron chi connectivity index (χ0n) is 13.2. The van der Waals surface area contributed by atoms with E-state index in [4.69, 9.17) is 10.5 Å². The van der Waals surface area contributed by atoms with Gasteiger partial charge in [0.25, 0.3) is 0 Å². The van der Waals surface area contributed by atoms with E-state index >= 15 is 0 Å². The molecule has 2 atom stereocenters. The molecule has 0 bridgehead atoms.